The third kappa shape index (κ3) is 12.8. The molecule has 6 aliphatic heterocycles. The van der Waals surface area contributed by atoms with E-state index in [1.807, 2.05) is 0 Å². The van der Waals surface area contributed by atoms with Gasteiger partial charge in [0.05, 0.1) is 0 Å². The van der Waals surface area contributed by atoms with E-state index in [2.05, 4.69) is 15.0 Å². The summed E-state index contributed by atoms with van der Waals surface area (Å²) in [4.78, 5) is 8.31. The first-order valence-electron chi connectivity index (χ1n) is 29.5. The van der Waals surface area contributed by atoms with Crippen LogP contribution < -0.4 is 0 Å². The van der Waals surface area contributed by atoms with E-state index < -0.39 is 279 Å². The standard InChI is InChI=1S/2C21H17F4N2O5S.C21H17F4N2O4S.Ga/c2*22-13-12(11(8-3-1-5-26-8)9-4-2-6-27-9)14(23)16(25)20(15(13)24)33-21-19(31)18(30)17(29)10(7-28)32-21;22-16-15(14(9-3-1-5-26-9)10-4-2-6-27-10)17(23)19(25)20(18(16)24)32-21-12(30)7-11(29)13(8-28)31-21;/h2*1-6,10,17-19,21,28-31H,7H2;1-6,11-13,21,28-30H,7-8H2;/q3*-1;+3/b2*11-8+;14-9+;/t2*10?,17-,18+,19?,21+;11-,12?,13?,21-;/m110./s1. The molecule has 522 valence electrons. The number of aliphatic hydroxyl groups is 11. The van der Waals surface area contributed by atoms with Gasteiger partial charge in [-0.3, -0.25) is 0 Å². The third-order valence-corrected chi connectivity index (χ3v) is 26.5. The van der Waals surface area contributed by atoms with Crippen molar-refractivity contribution in [3.8, 4) is 0 Å². The average Bonchev–Trinajstić information content (AvgIpc) is 1.68. The van der Waals surface area contributed by atoms with Gasteiger partial charge in [0.1, 0.15) is 0 Å². The fraction of sp³-hybridized carbons (Fsp3) is 0.286. The minimum Gasteiger partial charge on any atom is -0.388 e. The van der Waals surface area contributed by atoms with E-state index in [0.717, 1.165) is 55.1 Å². The maximum absolute atomic E-state index is 17.5. The van der Waals surface area contributed by atoms with Crippen molar-refractivity contribution in [2.24, 2.45) is 15.0 Å². The van der Waals surface area contributed by atoms with Crippen molar-refractivity contribution in [3.05, 3.63) is 212 Å². The number of aromatic nitrogens is 3. The minimum absolute atomic E-state index is 0.0285. The van der Waals surface area contributed by atoms with Crippen LogP contribution in [0.1, 0.15) is 40.2 Å². The zero-order chi connectivity index (χ0) is 70.9. The van der Waals surface area contributed by atoms with E-state index in [9.17, 15) is 56.2 Å². The molecule has 6 aromatic rings. The van der Waals surface area contributed by atoms with Crippen LogP contribution in [-0.4, -0.2) is 205 Å². The van der Waals surface area contributed by atoms with Crippen LogP contribution in [0, 0.1) is 69.8 Å². The number of allylic oxidation sites excluding steroid dienone is 6. The molecule has 11 N–H and O–H groups in total. The van der Waals surface area contributed by atoms with Gasteiger partial charge >= 0.3 is 541 Å². The van der Waals surface area contributed by atoms with Crippen molar-refractivity contribution in [2.75, 3.05) is 19.8 Å². The van der Waals surface area contributed by atoms with Crippen LogP contribution in [0.2, 0.25) is 0 Å². The predicted octanol–water partition coefficient (Wildman–Crippen LogP) is 5.60. The Morgan fingerprint density at radius 1 is 0.394 bits per heavy atom. The first-order valence-corrected chi connectivity index (χ1v) is 35.4. The number of rotatable bonds is 18. The fourth-order valence-corrected chi connectivity index (χ4v) is 21.5. The van der Waals surface area contributed by atoms with E-state index in [1.54, 1.807) is 0 Å². The SMILES string of the molecule is OCC1O[C@@H](Sc2c(F)c(F)c(/C(=C3\C=CC=N3)c3ccc[n]3[Ga]([n]3cccc3/C(=C3/C=CC=N3)c3c(F)c(F)c(S[C@@H]4OC(CO)[C@@H](O)CC4O)c(F)c3F)[n]3cccc3/C(=C3/C=CC=N3)c3c(F)c(F)c(S[C@@H]4OC(CO)[C@@H](O)[C@H](O)C4O)c(F)c3F)c(F)c2F)C(O)[C@@H](O)[C@@H]1O. The molecule has 3 saturated heterocycles. The van der Waals surface area contributed by atoms with Gasteiger partial charge in [-0.25, -0.2) is 0 Å². The number of aliphatic imine (C=N–C) groups is 3. The summed E-state index contributed by atoms with van der Waals surface area (Å²) in [5.41, 5.74) is -15.2. The zero-order valence-corrected chi connectivity index (χ0v) is 54.8. The fourth-order valence-electron chi connectivity index (χ4n) is 11.9. The molecule has 0 aliphatic carbocycles. The van der Waals surface area contributed by atoms with Gasteiger partial charge in [0.25, 0.3) is 0 Å². The van der Waals surface area contributed by atoms with Gasteiger partial charge < -0.3 is 30.6 Å². The predicted molar refractivity (Wildman–Crippen MR) is 333 cm³/mol. The van der Waals surface area contributed by atoms with Gasteiger partial charge in [0.2, 0.25) is 0 Å². The number of ether oxygens (including phenoxy) is 3. The molecule has 3 aromatic heterocycles. The number of nitrogens with zero attached hydrogens (tertiary/aromatic N) is 6. The van der Waals surface area contributed by atoms with E-state index in [0.29, 0.717) is 0 Å². The van der Waals surface area contributed by atoms with Crippen molar-refractivity contribution < 1.29 is 123 Å². The van der Waals surface area contributed by atoms with Gasteiger partial charge in [0.15, 0.2) is 0 Å². The molecule has 0 saturated carbocycles. The molecule has 3 aromatic carbocycles. The van der Waals surface area contributed by atoms with Crippen molar-refractivity contribution in [1.82, 2.24) is 9.82 Å². The molecular formula is C63H51F12GaN6O14S3. The van der Waals surface area contributed by atoms with Crippen LogP contribution in [0.3, 0.4) is 0 Å². The monoisotopic (exact) mass is 1510 g/mol. The van der Waals surface area contributed by atoms with Crippen LogP contribution in [0.4, 0.5) is 52.7 Å². The number of thioether (sulfide) groups is 3. The number of hydrogen-bond acceptors (Lipinski definition) is 20. The molecule has 0 spiro atoms. The van der Waals surface area contributed by atoms with Crippen LogP contribution >= 0.6 is 35.3 Å². The van der Waals surface area contributed by atoms with Crippen molar-refractivity contribution in [2.45, 2.75) is 105 Å². The topological polar surface area (TPSA) is 302 Å². The van der Waals surface area contributed by atoms with Crippen LogP contribution in [0.25, 0.3) is 16.7 Å². The minimum atomic E-state index is -5.33. The molecule has 9 heterocycles. The molecule has 0 bridgehead atoms. The summed E-state index contributed by atoms with van der Waals surface area (Å²) in [7, 11) is 0. The first-order chi connectivity index (χ1) is 47.3. The molecular weight excluding hydrogens is 1460 g/mol. The molecule has 0 radical (unpaired) electrons. The Morgan fingerprint density at radius 2 is 0.687 bits per heavy atom. The Balaban J connectivity index is 1.08. The Labute approximate surface area is 569 Å². The van der Waals surface area contributed by atoms with Crippen LogP contribution in [-0.2, 0) is 14.2 Å². The zero-order valence-electron chi connectivity index (χ0n) is 50.0. The molecule has 0 amide bonds. The van der Waals surface area contributed by atoms with Crippen molar-refractivity contribution >= 4 is 87.6 Å². The van der Waals surface area contributed by atoms with Gasteiger partial charge in [-0.05, 0) is 0 Å². The molecule has 6 unspecified atom stereocenters. The van der Waals surface area contributed by atoms with Crippen LogP contribution in [0.15, 0.2) is 138 Å². The number of hydrogen-bond donors (Lipinski definition) is 11. The number of aliphatic hydroxyl groups excluding tert-OH is 11. The van der Waals surface area contributed by atoms with Gasteiger partial charge in [0, 0.05) is 0 Å². The van der Waals surface area contributed by atoms with E-state index in [-0.39, 0.29) is 35.3 Å². The van der Waals surface area contributed by atoms with Crippen molar-refractivity contribution in [1.29, 1.82) is 0 Å². The molecule has 12 rings (SSSR count). The molecule has 99 heavy (non-hydrogen) atoms. The van der Waals surface area contributed by atoms with E-state index in [1.165, 1.54) is 64.8 Å². The average molecular weight is 1510 g/mol. The molecule has 6 aliphatic rings. The summed E-state index contributed by atoms with van der Waals surface area (Å²) in [6.45, 7) is -2.87. The van der Waals surface area contributed by atoms with Crippen LogP contribution in [0.5, 0.6) is 0 Å². The molecule has 36 heteroatoms. The second-order valence-electron chi connectivity index (χ2n) is 22.7. The molecule has 14 atom stereocenters. The van der Waals surface area contributed by atoms with Crippen molar-refractivity contribution in [3.63, 3.8) is 0 Å². The molecule has 20 nitrogen and oxygen atoms in total. The summed E-state index contributed by atoms with van der Waals surface area (Å²) in [5, 5.41) is 114. The Morgan fingerprint density at radius 3 is 0.970 bits per heavy atom. The Bertz CT molecular complexity index is 4170. The van der Waals surface area contributed by atoms with Gasteiger partial charge in [-0.1, -0.05) is 0 Å². The summed E-state index contributed by atoms with van der Waals surface area (Å²) in [6, 6.07) is 7.08. The third-order valence-electron chi connectivity index (χ3n) is 16.8. The Hall–Kier alpha value is -6.76. The first kappa shape index (κ1) is 72.0. The summed E-state index contributed by atoms with van der Waals surface area (Å²) in [6.07, 6.45) is -6.87. The van der Waals surface area contributed by atoms with E-state index in [4.69, 9.17) is 14.2 Å². The summed E-state index contributed by atoms with van der Waals surface area (Å²) in [5.74, 6) is -25.5. The number of benzene rings is 3. The number of halogens is 12. The smallest absolute Gasteiger partial charge is 0.388 e. The Kier molecular flexibility index (Phi) is 21.3. The summed E-state index contributed by atoms with van der Waals surface area (Å²) >= 11 is -5.71. The maximum atomic E-state index is 17.5. The van der Waals surface area contributed by atoms with Gasteiger partial charge in [-0.2, -0.15) is 0 Å². The van der Waals surface area contributed by atoms with Gasteiger partial charge in [-0.15, -0.1) is 0 Å². The van der Waals surface area contributed by atoms with E-state index >= 15 is 52.7 Å². The molecule has 3 fully saturated rings. The quantitative estimate of drug-likeness (QED) is 0.0284. The second kappa shape index (κ2) is 29.3. The second-order valence-corrected chi connectivity index (χ2v) is 30.9. The normalized spacial score (nSPS) is 28.2. The summed E-state index contributed by atoms with van der Waals surface area (Å²) < 4.78 is 226.